The van der Waals surface area contributed by atoms with Gasteiger partial charge in [-0.15, -0.1) is 0 Å². The summed E-state index contributed by atoms with van der Waals surface area (Å²) in [5, 5.41) is 1.35. The maximum atomic E-state index is 12.4. The van der Waals surface area contributed by atoms with Crippen LogP contribution in [0.15, 0.2) is 36.4 Å². The summed E-state index contributed by atoms with van der Waals surface area (Å²) in [6, 6.07) is 8.80. The Labute approximate surface area is 85.3 Å². The average Bonchev–Trinajstić information content (AvgIpc) is 2.15. The van der Waals surface area contributed by atoms with Gasteiger partial charge in [-0.2, -0.15) is 13.2 Å². The Morgan fingerprint density at radius 2 is 1.47 bits per heavy atom. The third-order valence-corrected chi connectivity index (χ3v) is 2.23. The van der Waals surface area contributed by atoms with Gasteiger partial charge >= 0.3 is 6.18 Å². The molecule has 0 amide bonds. The van der Waals surface area contributed by atoms with Gasteiger partial charge in [-0.1, -0.05) is 24.3 Å². The second-order valence-electron chi connectivity index (χ2n) is 3.39. The number of hydrogen-bond donors (Lipinski definition) is 0. The molecule has 0 atom stereocenters. The highest BCUT2D eigenvalue weighted by Gasteiger charge is 2.30. The lowest BCUT2D eigenvalue weighted by Gasteiger charge is -2.07. The van der Waals surface area contributed by atoms with Gasteiger partial charge in [-0.25, -0.2) is 0 Å². The van der Waals surface area contributed by atoms with E-state index < -0.39 is 11.7 Å². The van der Waals surface area contributed by atoms with Gasteiger partial charge in [0.25, 0.3) is 0 Å². The first kappa shape index (κ1) is 10.0. The molecule has 0 saturated carbocycles. The summed E-state index contributed by atoms with van der Waals surface area (Å²) >= 11 is 0. The molecule has 3 heteroatoms. The van der Waals surface area contributed by atoms with E-state index in [4.69, 9.17) is 0 Å². The SMILES string of the molecule is [CH2]c1ccc2cc(C(F)(F)F)ccc2c1. The van der Waals surface area contributed by atoms with Crippen molar-refractivity contribution in [1.82, 2.24) is 0 Å². The van der Waals surface area contributed by atoms with Gasteiger partial charge in [0.2, 0.25) is 0 Å². The minimum atomic E-state index is -4.28. The molecule has 0 saturated heterocycles. The van der Waals surface area contributed by atoms with Crippen molar-refractivity contribution < 1.29 is 13.2 Å². The fourth-order valence-electron chi connectivity index (χ4n) is 1.47. The molecule has 0 fully saturated rings. The molecule has 15 heavy (non-hydrogen) atoms. The molecule has 0 bridgehead atoms. The van der Waals surface area contributed by atoms with Gasteiger partial charge in [0, 0.05) is 0 Å². The summed E-state index contributed by atoms with van der Waals surface area (Å²) in [6.07, 6.45) is -4.28. The Bertz CT molecular complexity index is 498. The lowest BCUT2D eigenvalue weighted by molar-refractivity contribution is -0.137. The van der Waals surface area contributed by atoms with Gasteiger partial charge in [0.15, 0.2) is 0 Å². The summed E-state index contributed by atoms with van der Waals surface area (Å²) in [6.45, 7) is 3.72. The molecular formula is C12H8F3. The normalized spacial score (nSPS) is 12.0. The number of hydrogen-bond acceptors (Lipinski definition) is 0. The van der Waals surface area contributed by atoms with E-state index in [1.807, 2.05) is 0 Å². The van der Waals surface area contributed by atoms with Crippen molar-refractivity contribution in [2.75, 3.05) is 0 Å². The largest absolute Gasteiger partial charge is 0.416 e. The van der Waals surface area contributed by atoms with E-state index in [1.54, 1.807) is 18.2 Å². The minimum Gasteiger partial charge on any atom is -0.166 e. The molecule has 0 nitrogen and oxygen atoms in total. The van der Waals surface area contributed by atoms with Crippen LogP contribution in [0, 0.1) is 6.92 Å². The van der Waals surface area contributed by atoms with Crippen molar-refractivity contribution in [2.45, 2.75) is 6.18 Å². The molecule has 0 N–H and O–H groups in total. The topological polar surface area (TPSA) is 0 Å². The number of halogens is 3. The second kappa shape index (κ2) is 3.26. The standard InChI is InChI=1S/C12H8F3/c1-8-2-3-10-7-11(12(13,14)15)5-4-9(10)6-8/h2-7H,1H2. The lowest BCUT2D eigenvalue weighted by atomic mass is 10.0. The van der Waals surface area contributed by atoms with Crippen LogP contribution in [0.1, 0.15) is 11.1 Å². The van der Waals surface area contributed by atoms with Crippen LogP contribution in [0.2, 0.25) is 0 Å². The van der Waals surface area contributed by atoms with E-state index in [1.165, 1.54) is 6.07 Å². The summed E-state index contributed by atoms with van der Waals surface area (Å²) in [5.74, 6) is 0. The van der Waals surface area contributed by atoms with Crippen LogP contribution in [0.3, 0.4) is 0 Å². The molecule has 0 heterocycles. The molecule has 2 rings (SSSR count). The van der Waals surface area contributed by atoms with Gasteiger partial charge < -0.3 is 0 Å². The van der Waals surface area contributed by atoms with E-state index in [2.05, 4.69) is 6.92 Å². The van der Waals surface area contributed by atoms with Crippen molar-refractivity contribution in [1.29, 1.82) is 0 Å². The zero-order valence-electron chi connectivity index (χ0n) is 7.81. The number of fused-ring (bicyclic) bond motifs is 1. The van der Waals surface area contributed by atoms with Gasteiger partial charge in [0.05, 0.1) is 5.56 Å². The lowest BCUT2D eigenvalue weighted by Crippen LogP contribution is -2.04. The predicted octanol–water partition coefficient (Wildman–Crippen LogP) is 4.04. The van der Waals surface area contributed by atoms with Gasteiger partial charge in [-0.3, -0.25) is 0 Å². The Morgan fingerprint density at radius 1 is 0.867 bits per heavy atom. The predicted molar refractivity (Wildman–Crippen MR) is 53.4 cm³/mol. The molecule has 0 aliphatic heterocycles. The maximum Gasteiger partial charge on any atom is 0.416 e. The van der Waals surface area contributed by atoms with Crippen LogP contribution in [0.25, 0.3) is 10.8 Å². The molecule has 77 valence electrons. The first-order valence-electron chi connectivity index (χ1n) is 4.40. The summed E-state index contributed by atoms with van der Waals surface area (Å²) in [4.78, 5) is 0. The highest BCUT2D eigenvalue weighted by atomic mass is 19.4. The van der Waals surface area contributed by atoms with Gasteiger partial charge in [0.1, 0.15) is 0 Å². The number of rotatable bonds is 0. The fraction of sp³-hybridized carbons (Fsp3) is 0.0833. The summed E-state index contributed by atoms with van der Waals surface area (Å²) < 4.78 is 37.1. The molecule has 0 unspecified atom stereocenters. The van der Waals surface area contributed by atoms with E-state index >= 15 is 0 Å². The van der Waals surface area contributed by atoms with Crippen LogP contribution in [0.4, 0.5) is 13.2 Å². The van der Waals surface area contributed by atoms with Crippen molar-refractivity contribution in [3.8, 4) is 0 Å². The quantitative estimate of drug-likeness (QED) is 0.614. The molecule has 1 radical (unpaired) electrons. The molecule has 0 spiro atoms. The molecule has 0 aliphatic rings. The highest BCUT2D eigenvalue weighted by molar-refractivity contribution is 5.84. The zero-order chi connectivity index (χ0) is 11.1. The Kier molecular flexibility index (Phi) is 2.18. The fourth-order valence-corrected chi connectivity index (χ4v) is 1.47. The van der Waals surface area contributed by atoms with Crippen LogP contribution >= 0.6 is 0 Å². The maximum absolute atomic E-state index is 12.4. The van der Waals surface area contributed by atoms with E-state index in [9.17, 15) is 13.2 Å². The molecule has 0 aromatic heterocycles. The molecule has 2 aromatic rings. The monoisotopic (exact) mass is 209 g/mol. The number of benzene rings is 2. The van der Waals surface area contributed by atoms with Crippen LogP contribution in [0.5, 0.6) is 0 Å². The van der Waals surface area contributed by atoms with Gasteiger partial charge in [-0.05, 0) is 35.4 Å². The van der Waals surface area contributed by atoms with Crippen molar-refractivity contribution in [2.24, 2.45) is 0 Å². The summed E-state index contributed by atoms with van der Waals surface area (Å²) in [5.41, 5.74) is 0.175. The first-order chi connectivity index (χ1) is 6.97. The minimum absolute atomic E-state index is 0.581. The Hall–Kier alpha value is -1.51. The third-order valence-electron chi connectivity index (χ3n) is 2.23. The Balaban J connectivity index is 2.62. The van der Waals surface area contributed by atoms with Crippen molar-refractivity contribution in [3.05, 3.63) is 54.4 Å². The molecular weight excluding hydrogens is 201 g/mol. The number of alkyl halides is 3. The van der Waals surface area contributed by atoms with Crippen molar-refractivity contribution >= 4 is 10.8 Å². The molecule has 0 aliphatic carbocycles. The smallest absolute Gasteiger partial charge is 0.166 e. The van der Waals surface area contributed by atoms with E-state index in [0.29, 0.717) is 5.39 Å². The van der Waals surface area contributed by atoms with Crippen LogP contribution in [-0.4, -0.2) is 0 Å². The van der Waals surface area contributed by atoms with Crippen molar-refractivity contribution in [3.63, 3.8) is 0 Å². The Morgan fingerprint density at radius 3 is 2.13 bits per heavy atom. The summed E-state index contributed by atoms with van der Waals surface area (Å²) in [7, 11) is 0. The van der Waals surface area contributed by atoms with E-state index in [0.717, 1.165) is 23.1 Å². The zero-order valence-corrected chi connectivity index (χ0v) is 7.81. The van der Waals surface area contributed by atoms with Crippen LogP contribution in [-0.2, 0) is 6.18 Å². The molecule has 2 aromatic carbocycles. The first-order valence-corrected chi connectivity index (χ1v) is 4.40. The highest BCUT2D eigenvalue weighted by Crippen LogP contribution is 2.31. The van der Waals surface area contributed by atoms with Crippen LogP contribution < -0.4 is 0 Å². The van der Waals surface area contributed by atoms with E-state index in [-0.39, 0.29) is 0 Å². The third kappa shape index (κ3) is 1.96. The second-order valence-corrected chi connectivity index (χ2v) is 3.39. The average molecular weight is 209 g/mol.